The molecule has 1 spiro atoms. The minimum Gasteiger partial charge on any atom is -0.339 e. The second-order valence-electron chi connectivity index (χ2n) is 6.89. The first-order valence-electron chi connectivity index (χ1n) is 8.15. The van der Waals surface area contributed by atoms with Crippen LogP contribution in [0.25, 0.3) is 0 Å². The summed E-state index contributed by atoms with van der Waals surface area (Å²) in [6, 6.07) is 0. The van der Waals surface area contributed by atoms with Crippen molar-refractivity contribution in [2.24, 2.45) is 12.5 Å². The molecule has 2 aromatic rings. The monoisotopic (exact) mass is 315 g/mol. The summed E-state index contributed by atoms with van der Waals surface area (Å²) in [5.74, 6) is 1.53. The van der Waals surface area contributed by atoms with Crippen LogP contribution in [0.1, 0.15) is 53.7 Å². The average Bonchev–Trinajstić information content (AvgIpc) is 3.28. The minimum atomic E-state index is 0.0445. The zero-order valence-corrected chi connectivity index (χ0v) is 13.5. The SMILES string of the molecule is Cc1noc(C2CN(C(=O)c3cnn(C)c3)CC23CCCC3)n1. The van der Waals surface area contributed by atoms with Crippen LogP contribution in [0.2, 0.25) is 0 Å². The van der Waals surface area contributed by atoms with E-state index >= 15 is 0 Å². The van der Waals surface area contributed by atoms with Gasteiger partial charge in [-0.2, -0.15) is 10.1 Å². The maximum Gasteiger partial charge on any atom is 0.257 e. The molecule has 1 saturated carbocycles. The van der Waals surface area contributed by atoms with Gasteiger partial charge in [0.25, 0.3) is 5.91 Å². The molecule has 1 aliphatic heterocycles. The Hall–Kier alpha value is -2.18. The van der Waals surface area contributed by atoms with Gasteiger partial charge in [0.1, 0.15) is 0 Å². The lowest BCUT2D eigenvalue weighted by Crippen LogP contribution is -2.31. The predicted octanol–water partition coefficient (Wildman–Crippen LogP) is 1.91. The van der Waals surface area contributed by atoms with Crippen LogP contribution in [0.3, 0.4) is 0 Å². The smallest absolute Gasteiger partial charge is 0.257 e. The topological polar surface area (TPSA) is 77.0 Å². The average molecular weight is 315 g/mol. The number of nitrogens with zero attached hydrogens (tertiary/aromatic N) is 5. The molecule has 1 saturated heterocycles. The number of aromatic nitrogens is 4. The molecule has 7 heteroatoms. The highest BCUT2D eigenvalue weighted by Crippen LogP contribution is 2.53. The van der Waals surface area contributed by atoms with Gasteiger partial charge in [0, 0.05) is 31.7 Å². The Bertz CT molecular complexity index is 728. The Kier molecular flexibility index (Phi) is 3.25. The van der Waals surface area contributed by atoms with Crippen molar-refractivity contribution in [2.45, 2.75) is 38.5 Å². The molecule has 122 valence electrons. The number of carbonyl (C=O) groups is 1. The number of hydrogen-bond acceptors (Lipinski definition) is 5. The maximum atomic E-state index is 12.8. The van der Waals surface area contributed by atoms with Crippen LogP contribution in [-0.4, -0.2) is 43.8 Å². The third-order valence-corrected chi connectivity index (χ3v) is 5.33. The van der Waals surface area contributed by atoms with E-state index in [1.807, 2.05) is 18.9 Å². The van der Waals surface area contributed by atoms with E-state index in [-0.39, 0.29) is 17.2 Å². The Morgan fingerprint density at radius 3 is 2.78 bits per heavy atom. The zero-order chi connectivity index (χ0) is 16.0. The highest BCUT2D eigenvalue weighted by molar-refractivity contribution is 5.94. The quantitative estimate of drug-likeness (QED) is 0.846. The number of carbonyl (C=O) groups excluding carboxylic acids is 1. The van der Waals surface area contributed by atoms with E-state index < -0.39 is 0 Å². The fraction of sp³-hybridized carbons (Fsp3) is 0.625. The Labute approximate surface area is 134 Å². The molecule has 4 rings (SSSR count). The van der Waals surface area contributed by atoms with Crippen molar-refractivity contribution in [1.82, 2.24) is 24.8 Å². The summed E-state index contributed by atoms with van der Waals surface area (Å²) in [6.45, 7) is 3.25. The van der Waals surface area contributed by atoms with Gasteiger partial charge >= 0.3 is 0 Å². The van der Waals surface area contributed by atoms with Crippen molar-refractivity contribution in [3.8, 4) is 0 Å². The highest BCUT2D eigenvalue weighted by Gasteiger charge is 2.52. The summed E-state index contributed by atoms with van der Waals surface area (Å²) in [6.07, 6.45) is 8.06. The van der Waals surface area contributed by atoms with E-state index in [0.29, 0.717) is 23.8 Å². The van der Waals surface area contributed by atoms with Crippen molar-refractivity contribution in [1.29, 1.82) is 0 Å². The molecule has 3 heterocycles. The molecule has 1 amide bonds. The number of aryl methyl sites for hydroxylation is 2. The Morgan fingerprint density at radius 2 is 2.17 bits per heavy atom. The number of rotatable bonds is 2. The molecule has 1 aliphatic carbocycles. The normalized spacial score (nSPS) is 23.0. The molecule has 2 aliphatic rings. The third kappa shape index (κ3) is 2.34. The van der Waals surface area contributed by atoms with Crippen LogP contribution >= 0.6 is 0 Å². The van der Waals surface area contributed by atoms with E-state index in [2.05, 4.69) is 15.2 Å². The molecule has 2 aromatic heterocycles. The second-order valence-corrected chi connectivity index (χ2v) is 6.89. The minimum absolute atomic E-state index is 0.0445. The first-order valence-corrected chi connectivity index (χ1v) is 8.15. The summed E-state index contributed by atoms with van der Waals surface area (Å²) in [5.41, 5.74) is 0.736. The van der Waals surface area contributed by atoms with Gasteiger partial charge in [0.05, 0.1) is 17.7 Å². The van der Waals surface area contributed by atoms with E-state index in [0.717, 1.165) is 19.4 Å². The van der Waals surface area contributed by atoms with Gasteiger partial charge in [0.15, 0.2) is 5.82 Å². The lowest BCUT2D eigenvalue weighted by atomic mass is 9.76. The van der Waals surface area contributed by atoms with Gasteiger partial charge in [-0.25, -0.2) is 0 Å². The van der Waals surface area contributed by atoms with Crippen LogP contribution < -0.4 is 0 Å². The van der Waals surface area contributed by atoms with Crippen molar-refractivity contribution in [3.05, 3.63) is 29.7 Å². The largest absolute Gasteiger partial charge is 0.339 e. The maximum absolute atomic E-state index is 12.8. The van der Waals surface area contributed by atoms with Crippen molar-refractivity contribution in [2.75, 3.05) is 13.1 Å². The molecule has 1 atom stereocenters. The molecule has 0 bridgehead atoms. The summed E-state index contributed by atoms with van der Waals surface area (Å²) in [5, 5.41) is 8.05. The van der Waals surface area contributed by atoms with Gasteiger partial charge in [-0.05, 0) is 19.8 Å². The lowest BCUT2D eigenvalue weighted by molar-refractivity contribution is 0.0773. The van der Waals surface area contributed by atoms with Gasteiger partial charge in [-0.1, -0.05) is 18.0 Å². The molecule has 0 N–H and O–H groups in total. The second kappa shape index (κ2) is 5.18. The van der Waals surface area contributed by atoms with Crippen molar-refractivity contribution in [3.63, 3.8) is 0 Å². The van der Waals surface area contributed by atoms with Gasteiger partial charge in [-0.15, -0.1) is 0 Å². The van der Waals surface area contributed by atoms with E-state index in [1.165, 1.54) is 12.8 Å². The fourth-order valence-electron chi connectivity index (χ4n) is 4.22. The van der Waals surface area contributed by atoms with Crippen LogP contribution in [0, 0.1) is 12.3 Å². The van der Waals surface area contributed by atoms with Crippen LogP contribution in [0.5, 0.6) is 0 Å². The number of likely N-dealkylation sites (tertiary alicyclic amines) is 1. The molecule has 7 nitrogen and oxygen atoms in total. The molecule has 0 radical (unpaired) electrons. The number of amides is 1. The van der Waals surface area contributed by atoms with Crippen LogP contribution in [0.4, 0.5) is 0 Å². The van der Waals surface area contributed by atoms with Crippen LogP contribution in [0.15, 0.2) is 16.9 Å². The fourth-order valence-corrected chi connectivity index (χ4v) is 4.22. The molecule has 23 heavy (non-hydrogen) atoms. The molecular weight excluding hydrogens is 294 g/mol. The Morgan fingerprint density at radius 1 is 1.39 bits per heavy atom. The first-order chi connectivity index (χ1) is 11.1. The summed E-state index contributed by atoms with van der Waals surface area (Å²) >= 11 is 0. The Balaban J connectivity index is 1.63. The van der Waals surface area contributed by atoms with E-state index in [4.69, 9.17) is 4.52 Å². The van der Waals surface area contributed by atoms with Gasteiger partial charge < -0.3 is 9.42 Å². The van der Waals surface area contributed by atoms with Gasteiger partial charge in [-0.3, -0.25) is 9.48 Å². The zero-order valence-electron chi connectivity index (χ0n) is 13.5. The lowest BCUT2D eigenvalue weighted by Gasteiger charge is -2.27. The molecular formula is C16H21N5O2. The van der Waals surface area contributed by atoms with Crippen molar-refractivity contribution < 1.29 is 9.32 Å². The highest BCUT2D eigenvalue weighted by atomic mass is 16.5. The standard InChI is InChI=1S/C16H21N5O2/c1-11-18-14(23-19-11)13-9-21(10-16(13)5-3-4-6-16)15(22)12-7-17-20(2)8-12/h7-8,13H,3-6,9-10H2,1-2H3. The van der Waals surface area contributed by atoms with Gasteiger partial charge in [0.2, 0.25) is 5.89 Å². The first kappa shape index (κ1) is 14.4. The van der Waals surface area contributed by atoms with E-state index in [1.54, 1.807) is 17.1 Å². The molecule has 1 unspecified atom stereocenters. The number of hydrogen-bond donors (Lipinski definition) is 0. The predicted molar refractivity (Wildman–Crippen MR) is 81.8 cm³/mol. The summed E-state index contributed by atoms with van der Waals surface area (Å²) in [4.78, 5) is 19.2. The summed E-state index contributed by atoms with van der Waals surface area (Å²) < 4.78 is 7.12. The molecule has 0 aromatic carbocycles. The third-order valence-electron chi connectivity index (χ3n) is 5.33. The molecule has 2 fully saturated rings. The summed E-state index contributed by atoms with van der Waals surface area (Å²) in [7, 11) is 1.82. The van der Waals surface area contributed by atoms with E-state index in [9.17, 15) is 4.79 Å². The van der Waals surface area contributed by atoms with Crippen LogP contribution in [-0.2, 0) is 7.05 Å². The van der Waals surface area contributed by atoms with Crippen molar-refractivity contribution >= 4 is 5.91 Å².